The highest BCUT2D eigenvalue weighted by Gasteiger charge is 2.50. The van der Waals surface area contributed by atoms with Gasteiger partial charge in [-0.05, 0) is 48.8 Å². The van der Waals surface area contributed by atoms with Crippen LogP contribution in [-0.4, -0.2) is 27.0 Å². The number of alkyl halides is 2. The van der Waals surface area contributed by atoms with Crippen LogP contribution in [0.4, 0.5) is 13.2 Å². The highest BCUT2D eigenvalue weighted by Crippen LogP contribution is 2.35. The van der Waals surface area contributed by atoms with Gasteiger partial charge in [-0.15, -0.1) is 4.72 Å². The second kappa shape index (κ2) is 7.29. The molecule has 0 aliphatic heterocycles. The first kappa shape index (κ1) is 19.4. The molecule has 124 valence electrons. The van der Waals surface area contributed by atoms with Crippen molar-refractivity contribution in [3.63, 3.8) is 0 Å². The van der Waals surface area contributed by atoms with Gasteiger partial charge in [-0.1, -0.05) is 0 Å². The quantitative estimate of drug-likeness (QED) is 0.452. The smallest absolute Gasteiger partial charge is 0.266 e. The highest BCUT2D eigenvalue weighted by atomic mass is 79.9. The molecule has 0 saturated carbocycles. The fraction of sp³-hybridized carbons (Fsp3) is 0.538. The number of carbonyl (C=O) groups is 1. The fourth-order valence-electron chi connectivity index (χ4n) is 1.60. The van der Waals surface area contributed by atoms with E-state index in [9.17, 15) is 22.5 Å². The molecule has 0 radical (unpaired) electrons. The topological polar surface area (TPSA) is 65.0 Å². The van der Waals surface area contributed by atoms with E-state index in [1.165, 1.54) is 6.07 Å². The van der Waals surface area contributed by atoms with Crippen LogP contribution < -0.4 is 4.72 Å². The maximum Gasteiger partial charge on any atom is 0.266 e. The Kier molecular flexibility index (Phi) is 6.43. The summed E-state index contributed by atoms with van der Waals surface area (Å²) in [6, 6.07) is 2.20. The third kappa shape index (κ3) is 4.21. The van der Waals surface area contributed by atoms with E-state index in [1.807, 2.05) is 0 Å². The molecule has 0 spiro atoms. The molecule has 1 rings (SSSR count). The number of halogens is 4. The number of pyridine rings is 1. The SMILES string of the molecule is CC(C)(C)[S@@+]([O-])NC(CC=O)(c1nc(Br)ccc1F)C(F)F. The Bertz CT molecular complexity index is 543. The van der Waals surface area contributed by atoms with Crippen molar-refractivity contribution in [3.05, 3.63) is 28.2 Å². The minimum Gasteiger partial charge on any atom is -0.598 e. The monoisotopic (exact) mass is 400 g/mol. The predicted molar refractivity (Wildman–Crippen MR) is 81.3 cm³/mol. The van der Waals surface area contributed by atoms with Gasteiger partial charge < -0.3 is 9.35 Å². The summed E-state index contributed by atoms with van der Waals surface area (Å²) < 4.78 is 55.1. The van der Waals surface area contributed by atoms with Gasteiger partial charge in [0, 0.05) is 17.8 Å². The van der Waals surface area contributed by atoms with Gasteiger partial charge >= 0.3 is 0 Å². The Labute approximate surface area is 138 Å². The number of rotatable bonds is 6. The van der Waals surface area contributed by atoms with Crippen LogP contribution in [-0.2, 0) is 21.7 Å². The van der Waals surface area contributed by atoms with Crippen molar-refractivity contribution < 1.29 is 22.5 Å². The van der Waals surface area contributed by atoms with Crippen LogP contribution in [0.25, 0.3) is 0 Å². The lowest BCUT2D eigenvalue weighted by Gasteiger charge is -2.35. The number of nitrogens with zero attached hydrogens (tertiary/aromatic N) is 1. The van der Waals surface area contributed by atoms with Crippen molar-refractivity contribution in [3.8, 4) is 0 Å². The minimum absolute atomic E-state index is 0.128. The van der Waals surface area contributed by atoms with Crippen LogP contribution in [0.3, 0.4) is 0 Å². The van der Waals surface area contributed by atoms with E-state index in [4.69, 9.17) is 0 Å². The number of aromatic nitrogens is 1. The van der Waals surface area contributed by atoms with Crippen LogP contribution in [0, 0.1) is 5.82 Å². The number of carbonyl (C=O) groups excluding carboxylic acids is 1. The second-order valence-corrected chi connectivity index (χ2v) is 8.37. The molecular weight excluding hydrogens is 385 g/mol. The maximum atomic E-state index is 14.0. The molecule has 1 N–H and O–H groups in total. The summed E-state index contributed by atoms with van der Waals surface area (Å²) in [5, 5.41) is 0. The molecule has 0 aliphatic carbocycles. The number of hydrogen-bond donors (Lipinski definition) is 1. The van der Waals surface area contributed by atoms with Gasteiger partial charge in [-0.2, -0.15) is 0 Å². The molecule has 0 fully saturated rings. The average Bonchev–Trinajstić information content (AvgIpc) is 2.39. The van der Waals surface area contributed by atoms with Gasteiger partial charge in [0.2, 0.25) is 0 Å². The summed E-state index contributed by atoms with van der Waals surface area (Å²) in [6.45, 7) is 4.70. The Morgan fingerprint density at radius 3 is 2.50 bits per heavy atom. The maximum absolute atomic E-state index is 14.0. The molecule has 0 aliphatic rings. The number of hydrogen-bond acceptors (Lipinski definition) is 4. The van der Waals surface area contributed by atoms with E-state index < -0.39 is 46.0 Å². The first-order chi connectivity index (χ1) is 10.0. The average molecular weight is 401 g/mol. The molecule has 0 saturated heterocycles. The zero-order valence-corrected chi connectivity index (χ0v) is 14.6. The third-order valence-corrected chi connectivity index (χ3v) is 4.95. The standard InChI is InChI=1S/C13H16BrF3N2O2S/c1-12(2,3)22(21)19-13(6-7-20,11(16)17)10-8(15)4-5-9(14)18-10/h4-5,7,11,19H,6H2,1-3H3/t13?,22-/m1/s1. The van der Waals surface area contributed by atoms with Crippen molar-refractivity contribution in [2.24, 2.45) is 0 Å². The molecule has 1 aromatic heterocycles. The summed E-state index contributed by atoms with van der Waals surface area (Å²) in [4.78, 5) is 14.6. The summed E-state index contributed by atoms with van der Waals surface area (Å²) in [5.74, 6) is -1.01. The van der Waals surface area contributed by atoms with Crippen molar-refractivity contribution in [1.29, 1.82) is 0 Å². The second-order valence-electron chi connectivity index (χ2n) is 5.59. The van der Waals surface area contributed by atoms with Gasteiger partial charge in [-0.25, -0.2) is 18.2 Å². The Hall–Kier alpha value is -0.640. The molecule has 2 atom stereocenters. The molecule has 0 amide bonds. The normalized spacial score (nSPS) is 16.4. The lowest BCUT2D eigenvalue weighted by Crippen LogP contribution is -2.56. The Morgan fingerprint density at radius 1 is 1.45 bits per heavy atom. The molecular formula is C13H16BrF3N2O2S. The summed E-state index contributed by atoms with van der Waals surface area (Å²) >= 11 is 1.03. The van der Waals surface area contributed by atoms with E-state index in [0.717, 1.165) is 6.07 Å². The van der Waals surface area contributed by atoms with Crippen molar-refractivity contribution >= 4 is 33.6 Å². The molecule has 22 heavy (non-hydrogen) atoms. The van der Waals surface area contributed by atoms with Crippen molar-refractivity contribution in [2.45, 2.75) is 43.9 Å². The van der Waals surface area contributed by atoms with E-state index >= 15 is 0 Å². The van der Waals surface area contributed by atoms with Crippen molar-refractivity contribution in [2.75, 3.05) is 0 Å². The van der Waals surface area contributed by atoms with Crippen LogP contribution in [0.5, 0.6) is 0 Å². The van der Waals surface area contributed by atoms with Crippen LogP contribution in [0.2, 0.25) is 0 Å². The first-order valence-corrected chi connectivity index (χ1v) is 8.23. The molecule has 4 nitrogen and oxygen atoms in total. The zero-order valence-electron chi connectivity index (χ0n) is 12.2. The van der Waals surface area contributed by atoms with Gasteiger partial charge in [0.25, 0.3) is 6.43 Å². The van der Waals surface area contributed by atoms with Crippen molar-refractivity contribution in [1.82, 2.24) is 9.71 Å². The van der Waals surface area contributed by atoms with Crippen LogP contribution in [0.1, 0.15) is 32.9 Å². The van der Waals surface area contributed by atoms with Crippen LogP contribution in [0.15, 0.2) is 16.7 Å². The van der Waals surface area contributed by atoms with Gasteiger partial charge in [-0.3, -0.25) is 0 Å². The van der Waals surface area contributed by atoms with Gasteiger partial charge in [0.05, 0.1) is 0 Å². The minimum atomic E-state index is -3.19. The molecule has 1 unspecified atom stereocenters. The summed E-state index contributed by atoms with van der Waals surface area (Å²) in [7, 11) is 0. The summed E-state index contributed by atoms with van der Waals surface area (Å²) in [6.07, 6.45) is -3.74. The molecule has 9 heteroatoms. The van der Waals surface area contributed by atoms with Crippen LogP contribution >= 0.6 is 15.9 Å². The molecule has 0 aromatic carbocycles. The lowest BCUT2D eigenvalue weighted by atomic mass is 9.92. The molecule has 1 heterocycles. The summed E-state index contributed by atoms with van der Waals surface area (Å²) in [5.41, 5.74) is -3.12. The van der Waals surface area contributed by atoms with Gasteiger partial charge in [0.15, 0.2) is 5.54 Å². The van der Waals surface area contributed by atoms with E-state index in [-0.39, 0.29) is 10.9 Å². The largest absolute Gasteiger partial charge is 0.598 e. The lowest BCUT2D eigenvalue weighted by molar-refractivity contribution is -0.111. The predicted octanol–water partition coefficient (Wildman–Crippen LogP) is 3.08. The first-order valence-electron chi connectivity index (χ1n) is 6.28. The molecule has 1 aromatic rings. The highest BCUT2D eigenvalue weighted by molar-refractivity contribution is 9.10. The fourth-order valence-corrected chi connectivity index (χ4v) is 2.82. The number of nitrogens with one attached hydrogen (secondary N) is 1. The Morgan fingerprint density at radius 2 is 2.05 bits per heavy atom. The van der Waals surface area contributed by atoms with E-state index in [1.54, 1.807) is 20.8 Å². The number of aldehydes is 1. The molecule has 0 bridgehead atoms. The third-order valence-electron chi connectivity index (χ3n) is 2.84. The Balaban J connectivity index is 3.44. The zero-order chi connectivity index (χ0) is 17.1. The van der Waals surface area contributed by atoms with Gasteiger partial charge in [0.1, 0.15) is 27.1 Å². The van der Waals surface area contributed by atoms with E-state index in [0.29, 0.717) is 0 Å². The van der Waals surface area contributed by atoms with E-state index in [2.05, 4.69) is 25.6 Å².